The number of hydrogen-bond acceptors (Lipinski definition) is 4. The van der Waals surface area contributed by atoms with Crippen molar-refractivity contribution in [2.24, 2.45) is 0 Å². The summed E-state index contributed by atoms with van der Waals surface area (Å²) in [6, 6.07) is 2.71. The van der Waals surface area contributed by atoms with E-state index in [2.05, 4.69) is 4.98 Å². The third-order valence-electron chi connectivity index (χ3n) is 1.81. The quantitative estimate of drug-likeness (QED) is 0.825. The van der Waals surface area contributed by atoms with Gasteiger partial charge in [-0.3, -0.25) is 0 Å². The molecule has 0 aliphatic heterocycles. The average molecular weight is 214 g/mol. The second-order valence-electron chi connectivity index (χ2n) is 2.65. The van der Waals surface area contributed by atoms with Gasteiger partial charge in [0.15, 0.2) is 11.4 Å². The first-order chi connectivity index (χ1) is 7.13. The van der Waals surface area contributed by atoms with Crippen molar-refractivity contribution in [3.8, 4) is 11.8 Å². The zero-order chi connectivity index (χ0) is 11.4. The number of nitriles is 1. The van der Waals surface area contributed by atoms with Gasteiger partial charge in [-0.25, -0.2) is 13.8 Å². The van der Waals surface area contributed by atoms with E-state index in [4.69, 9.17) is 15.1 Å². The number of halogens is 2. The molecule has 0 saturated heterocycles. The lowest BCUT2D eigenvalue weighted by atomic mass is 10.1. The maximum Gasteiger partial charge on any atom is 0.265 e. The predicted octanol–water partition coefficient (Wildman–Crippen LogP) is 1.39. The van der Waals surface area contributed by atoms with E-state index in [9.17, 15) is 8.78 Å². The molecule has 15 heavy (non-hydrogen) atoms. The Morgan fingerprint density at radius 1 is 1.67 bits per heavy atom. The van der Waals surface area contributed by atoms with Gasteiger partial charge in [-0.05, 0) is 6.07 Å². The van der Waals surface area contributed by atoms with E-state index < -0.39 is 18.6 Å². The van der Waals surface area contributed by atoms with Gasteiger partial charge in [0, 0.05) is 5.56 Å². The van der Waals surface area contributed by atoms with Gasteiger partial charge in [0.2, 0.25) is 0 Å². The first-order valence-electron chi connectivity index (χ1n) is 4.01. The van der Waals surface area contributed by atoms with Crippen LogP contribution in [0.3, 0.4) is 0 Å². The summed E-state index contributed by atoms with van der Waals surface area (Å²) in [7, 11) is 1.26. The molecule has 0 fully saturated rings. The highest BCUT2D eigenvalue weighted by atomic mass is 19.3. The van der Waals surface area contributed by atoms with E-state index in [1.807, 2.05) is 0 Å². The van der Waals surface area contributed by atoms with E-state index >= 15 is 0 Å². The lowest BCUT2D eigenvalue weighted by molar-refractivity contribution is 0.145. The first kappa shape index (κ1) is 11.3. The van der Waals surface area contributed by atoms with Crippen LogP contribution in [0.5, 0.6) is 5.75 Å². The smallest absolute Gasteiger partial charge is 0.265 e. The molecule has 0 bridgehead atoms. The highest BCUT2D eigenvalue weighted by Gasteiger charge is 2.18. The van der Waals surface area contributed by atoms with Crippen LogP contribution in [-0.2, 0) is 6.61 Å². The van der Waals surface area contributed by atoms with Crippen LogP contribution >= 0.6 is 0 Å². The summed E-state index contributed by atoms with van der Waals surface area (Å²) in [5.41, 5.74) is -0.748. The number of aliphatic hydroxyl groups is 1. The minimum Gasteiger partial charge on any atom is -0.494 e. The second-order valence-corrected chi connectivity index (χ2v) is 2.65. The van der Waals surface area contributed by atoms with Crippen molar-refractivity contribution in [3.63, 3.8) is 0 Å². The molecule has 0 saturated carbocycles. The molecule has 1 aromatic heterocycles. The number of rotatable bonds is 3. The number of alkyl halides is 2. The highest BCUT2D eigenvalue weighted by Crippen LogP contribution is 2.27. The van der Waals surface area contributed by atoms with Gasteiger partial charge in [0.1, 0.15) is 6.07 Å². The van der Waals surface area contributed by atoms with Crippen LogP contribution in [0, 0.1) is 11.3 Å². The molecule has 6 heteroatoms. The molecule has 4 nitrogen and oxygen atoms in total. The molecule has 0 spiro atoms. The number of aromatic nitrogens is 1. The van der Waals surface area contributed by atoms with Crippen LogP contribution in [0.15, 0.2) is 6.07 Å². The van der Waals surface area contributed by atoms with Crippen LogP contribution in [-0.4, -0.2) is 17.2 Å². The minimum absolute atomic E-state index is 0.0231. The van der Waals surface area contributed by atoms with Gasteiger partial charge in [0.05, 0.1) is 19.4 Å². The Morgan fingerprint density at radius 2 is 2.33 bits per heavy atom. The summed E-state index contributed by atoms with van der Waals surface area (Å²) in [5, 5.41) is 17.4. The molecular formula is C9H8F2N2O2. The summed E-state index contributed by atoms with van der Waals surface area (Å²) in [5.74, 6) is -0.0231. The van der Waals surface area contributed by atoms with Gasteiger partial charge < -0.3 is 9.84 Å². The molecular weight excluding hydrogens is 206 g/mol. The van der Waals surface area contributed by atoms with E-state index in [0.717, 1.165) is 6.07 Å². The average Bonchev–Trinajstić information content (AvgIpc) is 2.26. The van der Waals surface area contributed by atoms with Gasteiger partial charge >= 0.3 is 0 Å². The van der Waals surface area contributed by atoms with Gasteiger partial charge in [-0.15, -0.1) is 0 Å². The Labute approximate surface area is 84.7 Å². The lowest BCUT2D eigenvalue weighted by Crippen LogP contribution is -2.03. The number of pyridine rings is 1. The molecule has 80 valence electrons. The van der Waals surface area contributed by atoms with Crippen LogP contribution in [0.2, 0.25) is 0 Å². The van der Waals surface area contributed by atoms with Crippen LogP contribution < -0.4 is 4.74 Å². The molecule has 0 aromatic carbocycles. The number of ether oxygens (including phenoxy) is 1. The Bertz CT molecular complexity index is 402. The second kappa shape index (κ2) is 4.66. The van der Waals surface area contributed by atoms with Crippen LogP contribution in [0.1, 0.15) is 23.4 Å². The van der Waals surface area contributed by atoms with Gasteiger partial charge in [-0.2, -0.15) is 5.26 Å². The van der Waals surface area contributed by atoms with E-state index in [1.165, 1.54) is 7.11 Å². The summed E-state index contributed by atoms with van der Waals surface area (Å²) >= 11 is 0. The van der Waals surface area contributed by atoms with E-state index in [1.54, 1.807) is 6.07 Å². The molecule has 0 unspecified atom stereocenters. The largest absolute Gasteiger partial charge is 0.494 e. The Balaban J connectivity index is 3.36. The SMILES string of the molecule is COc1cc(C(F)F)c(CO)nc1C#N. The fourth-order valence-corrected chi connectivity index (χ4v) is 1.10. The Morgan fingerprint density at radius 3 is 2.73 bits per heavy atom. The fourth-order valence-electron chi connectivity index (χ4n) is 1.10. The number of methoxy groups -OCH3 is 1. The highest BCUT2D eigenvalue weighted by molar-refractivity contribution is 5.42. The van der Waals surface area contributed by atoms with Crippen molar-refractivity contribution < 1.29 is 18.6 Å². The normalized spacial score (nSPS) is 10.1. The monoisotopic (exact) mass is 214 g/mol. The Kier molecular flexibility index (Phi) is 3.52. The van der Waals surface area contributed by atoms with Gasteiger partial charge in [-0.1, -0.05) is 0 Å². The minimum atomic E-state index is -2.76. The topological polar surface area (TPSA) is 66.1 Å². The van der Waals surface area contributed by atoms with Crippen molar-refractivity contribution in [1.29, 1.82) is 5.26 Å². The maximum absolute atomic E-state index is 12.5. The molecule has 1 heterocycles. The Hall–Kier alpha value is -1.74. The standard InChI is InChI=1S/C9H8F2N2O2/c1-15-8-2-5(9(10)11)7(4-14)13-6(8)3-12/h2,9,14H,4H2,1H3. The van der Waals surface area contributed by atoms with Crippen molar-refractivity contribution in [1.82, 2.24) is 4.98 Å². The number of aliphatic hydroxyl groups excluding tert-OH is 1. The van der Waals surface area contributed by atoms with Crippen molar-refractivity contribution >= 4 is 0 Å². The van der Waals surface area contributed by atoms with Crippen molar-refractivity contribution in [2.45, 2.75) is 13.0 Å². The molecule has 0 aliphatic carbocycles. The summed E-state index contributed by atoms with van der Waals surface area (Å²) in [6.45, 7) is -0.641. The number of hydrogen-bond donors (Lipinski definition) is 1. The van der Waals surface area contributed by atoms with Crippen LogP contribution in [0.25, 0.3) is 0 Å². The van der Waals surface area contributed by atoms with Crippen LogP contribution in [0.4, 0.5) is 8.78 Å². The molecule has 0 aliphatic rings. The maximum atomic E-state index is 12.5. The zero-order valence-corrected chi connectivity index (χ0v) is 7.87. The van der Waals surface area contributed by atoms with E-state index in [0.29, 0.717) is 0 Å². The van der Waals surface area contributed by atoms with Crippen molar-refractivity contribution in [2.75, 3.05) is 7.11 Å². The fraction of sp³-hybridized carbons (Fsp3) is 0.333. The number of nitrogens with zero attached hydrogens (tertiary/aromatic N) is 2. The first-order valence-corrected chi connectivity index (χ1v) is 4.01. The lowest BCUT2D eigenvalue weighted by Gasteiger charge is -2.09. The molecule has 1 rings (SSSR count). The predicted molar refractivity (Wildman–Crippen MR) is 46.4 cm³/mol. The molecule has 0 atom stereocenters. The summed E-state index contributed by atoms with van der Waals surface area (Å²) in [6.07, 6.45) is -2.76. The molecule has 0 amide bonds. The zero-order valence-electron chi connectivity index (χ0n) is 7.87. The summed E-state index contributed by atoms with van der Waals surface area (Å²) in [4.78, 5) is 3.59. The molecule has 1 aromatic rings. The van der Waals surface area contributed by atoms with Gasteiger partial charge in [0.25, 0.3) is 6.43 Å². The third kappa shape index (κ3) is 2.19. The summed E-state index contributed by atoms with van der Waals surface area (Å²) < 4.78 is 29.7. The van der Waals surface area contributed by atoms with Crippen molar-refractivity contribution in [3.05, 3.63) is 23.0 Å². The third-order valence-corrected chi connectivity index (χ3v) is 1.81. The molecule has 1 N–H and O–H groups in total. The molecule has 0 radical (unpaired) electrons. The van der Waals surface area contributed by atoms with E-state index in [-0.39, 0.29) is 17.1 Å².